The predicted octanol–water partition coefficient (Wildman–Crippen LogP) is -1.18. The van der Waals surface area contributed by atoms with Crippen molar-refractivity contribution in [2.24, 2.45) is 5.73 Å². The number of fused-ring (bicyclic) bond motifs is 2. The summed E-state index contributed by atoms with van der Waals surface area (Å²) in [6.07, 6.45) is -0.141. The number of nitrogens with two attached hydrogens (primary N) is 1. The van der Waals surface area contributed by atoms with E-state index in [-0.39, 0.29) is 18.4 Å². The van der Waals surface area contributed by atoms with E-state index < -0.39 is 6.10 Å². The molecule has 2 aliphatic rings. The maximum absolute atomic E-state index is 9.27. The van der Waals surface area contributed by atoms with Gasteiger partial charge in [-0.1, -0.05) is 0 Å². The van der Waals surface area contributed by atoms with Gasteiger partial charge in [0.25, 0.3) is 0 Å². The van der Waals surface area contributed by atoms with Gasteiger partial charge in [0, 0.05) is 6.42 Å². The van der Waals surface area contributed by atoms with E-state index in [0.29, 0.717) is 13.0 Å². The summed E-state index contributed by atoms with van der Waals surface area (Å²) in [5.74, 6) is 0. The Bertz CT molecular complexity index is 141. The highest BCUT2D eigenvalue weighted by atomic mass is 16.7. The van der Waals surface area contributed by atoms with Crippen molar-refractivity contribution in [2.45, 2.75) is 31.0 Å². The van der Waals surface area contributed by atoms with Gasteiger partial charge in [-0.3, -0.25) is 0 Å². The Hall–Kier alpha value is -0.160. The zero-order valence-electron chi connectivity index (χ0n) is 5.56. The van der Waals surface area contributed by atoms with Gasteiger partial charge in [-0.25, -0.2) is 0 Å². The molecule has 0 aromatic carbocycles. The monoisotopic (exact) mass is 145 g/mol. The van der Waals surface area contributed by atoms with E-state index in [9.17, 15) is 5.11 Å². The smallest absolute Gasteiger partial charge is 0.175 e. The normalized spacial score (nSPS) is 53.4. The highest BCUT2D eigenvalue weighted by molar-refractivity contribution is 4.87. The summed E-state index contributed by atoms with van der Waals surface area (Å²) >= 11 is 0. The van der Waals surface area contributed by atoms with Crippen LogP contribution >= 0.6 is 0 Å². The van der Waals surface area contributed by atoms with E-state index in [2.05, 4.69) is 0 Å². The van der Waals surface area contributed by atoms with Crippen LogP contribution in [0.1, 0.15) is 6.42 Å². The molecule has 2 saturated heterocycles. The molecule has 0 aromatic heterocycles. The highest BCUT2D eigenvalue weighted by Gasteiger charge is 2.41. The third-order valence-corrected chi connectivity index (χ3v) is 2.04. The summed E-state index contributed by atoms with van der Waals surface area (Å²) in [5, 5.41) is 9.27. The zero-order valence-corrected chi connectivity index (χ0v) is 5.56. The van der Waals surface area contributed by atoms with Crippen LogP contribution in [0.25, 0.3) is 0 Å². The summed E-state index contributed by atoms with van der Waals surface area (Å²) in [5.41, 5.74) is 5.56. The molecule has 58 valence electrons. The second-order valence-corrected chi connectivity index (χ2v) is 2.84. The maximum Gasteiger partial charge on any atom is 0.175 e. The molecular formula is C6H11NO3. The molecule has 0 saturated carbocycles. The lowest BCUT2D eigenvalue weighted by atomic mass is 10.0. The molecule has 3 N–H and O–H groups in total. The Morgan fingerprint density at radius 2 is 2.30 bits per heavy atom. The Morgan fingerprint density at radius 3 is 3.10 bits per heavy atom. The summed E-state index contributed by atoms with van der Waals surface area (Å²) < 4.78 is 10.4. The number of hydrogen-bond donors (Lipinski definition) is 2. The standard InChI is InChI=1S/C6H11NO3/c7-5-4(8)1-3-2-9-6(5)10-3/h3-6,8H,1-2,7H2/t3?,4-,5?,6-/m1/s1. The van der Waals surface area contributed by atoms with Crippen molar-refractivity contribution >= 4 is 0 Å². The molecule has 0 aromatic rings. The van der Waals surface area contributed by atoms with Crippen molar-refractivity contribution in [3.05, 3.63) is 0 Å². The first kappa shape index (κ1) is 6.54. The molecule has 2 fully saturated rings. The summed E-state index contributed by atoms with van der Waals surface area (Å²) in [4.78, 5) is 0. The lowest BCUT2D eigenvalue weighted by Gasteiger charge is -2.28. The molecular weight excluding hydrogens is 134 g/mol. The Morgan fingerprint density at radius 1 is 1.50 bits per heavy atom. The first-order valence-electron chi connectivity index (χ1n) is 3.48. The molecule has 0 aliphatic carbocycles. The molecule has 4 atom stereocenters. The van der Waals surface area contributed by atoms with Gasteiger partial charge in [0.05, 0.1) is 24.9 Å². The molecule has 2 unspecified atom stereocenters. The summed E-state index contributed by atoms with van der Waals surface area (Å²) in [7, 11) is 0. The molecule has 2 heterocycles. The minimum Gasteiger partial charge on any atom is -0.391 e. The van der Waals surface area contributed by atoms with E-state index in [1.165, 1.54) is 0 Å². The fourth-order valence-electron chi connectivity index (χ4n) is 1.40. The molecule has 10 heavy (non-hydrogen) atoms. The molecule has 2 rings (SSSR count). The first-order valence-corrected chi connectivity index (χ1v) is 3.48. The van der Waals surface area contributed by atoms with Gasteiger partial charge < -0.3 is 20.3 Å². The Labute approximate surface area is 58.9 Å². The van der Waals surface area contributed by atoms with Crippen molar-refractivity contribution in [3.8, 4) is 0 Å². The quantitative estimate of drug-likeness (QED) is 0.450. The van der Waals surface area contributed by atoms with Gasteiger partial charge in [0.1, 0.15) is 0 Å². The predicted molar refractivity (Wildman–Crippen MR) is 33.2 cm³/mol. The Balaban J connectivity index is 2.09. The lowest BCUT2D eigenvalue weighted by Crippen LogP contribution is -2.49. The molecule has 4 nitrogen and oxygen atoms in total. The molecule has 0 radical (unpaired) electrons. The molecule has 4 heteroatoms. The van der Waals surface area contributed by atoms with Crippen molar-refractivity contribution in [3.63, 3.8) is 0 Å². The van der Waals surface area contributed by atoms with Crippen LogP contribution in [0, 0.1) is 0 Å². The molecule has 2 bridgehead atoms. The van der Waals surface area contributed by atoms with Gasteiger partial charge in [-0.15, -0.1) is 0 Å². The molecule has 0 spiro atoms. The molecule has 2 aliphatic heterocycles. The van der Waals surface area contributed by atoms with Crippen molar-refractivity contribution in [1.82, 2.24) is 0 Å². The number of rotatable bonds is 0. The van der Waals surface area contributed by atoms with E-state index in [1.807, 2.05) is 0 Å². The fraction of sp³-hybridized carbons (Fsp3) is 1.00. The SMILES string of the molecule is NC1[C@@H]2OCC(C[C@H]1O)O2. The number of hydrogen-bond acceptors (Lipinski definition) is 4. The minimum absolute atomic E-state index is 0.0693. The zero-order chi connectivity index (χ0) is 7.14. The topological polar surface area (TPSA) is 64.7 Å². The van der Waals surface area contributed by atoms with Crippen molar-refractivity contribution < 1.29 is 14.6 Å². The third-order valence-electron chi connectivity index (χ3n) is 2.04. The summed E-state index contributed by atoms with van der Waals surface area (Å²) in [6.45, 7) is 0.579. The first-order chi connectivity index (χ1) is 4.77. The third kappa shape index (κ3) is 0.845. The van der Waals surface area contributed by atoms with Crippen LogP contribution in [0.2, 0.25) is 0 Å². The number of aliphatic hydroxyl groups is 1. The van der Waals surface area contributed by atoms with Crippen LogP contribution in [-0.2, 0) is 9.47 Å². The second-order valence-electron chi connectivity index (χ2n) is 2.84. The van der Waals surface area contributed by atoms with Crippen LogP contribution in [0.15, 0.2) is 0 Å². The van der Waals surface area contributed by atoms with Crippen molar-refractivity contribution in [2.75, 3.05) is 6.61 Å². The average molecular weight is 145 g/mol. The second kappa shape index (κ2) is 2.17. The largest absolute Gasteiger partial charge is 0.391 e. The molecule has 0 amide bonds. The number of aliphatic hydroxyl groups excluding tert-OH is 1. The van der Waals surface area contributed by atoms with Gasteiger partial charge in [0.2, 0.25) is 0 Å². The van der Waals surface area contributed by atoms with Gasteiger partial charge in [-0.05, 0) is 0 Å². The van der Waals surface area contributed by atoms with E-state index in [1.54, 1.807) is 0 Å². The maximum atomic E-state index is 9.27. The number of ether oxygens (including phenoxy) is 2. The Kier molecular flexibility index (Phi) is 1.42. The van der Waals surface area contributed by atoms with Crippen LogP contribution in [0.3, 0.4) is 0 Å². The van der Waals surface area contributed by atoms with Crippen LogP contribution in [0.5, 0.6) is 0 Å². The van der Waals surface area contributed by atoms with E-state index >= 15 is 0 Å². The summed E-state index contributed by atoms with van der Waals surface area (Å²) in [6, 6.07) is -0.362. The minimum atomic E-state index is -0.453. The van der Waals surface area contributed by atoms with E-state index in [0.717, 1.165) is 0 Å². The highest BCUT2D eigenvalue weighted by Crippen LogP contribution is 2.25. The van der Waals surface area contributed by atoms with E-state index in [4.69, 9.17) is 15.2 Å². The van der Waals surface area contributed by atoms with Gasteiger partial charge >= 0.3 is 0 Å². The van der Waals surface area contributed by atoms with Crippen molar-refractivity contribution in [1.29, 1.82) is 0 Å². The average Bonchev–Trinajstić information content (AvgIpc) is 2.29. The van der Waals surface area contributed by atoms with Gasteiger partial charge in [0.15, 0.2) is 6.29 Å². The fourth-order valence-corrected chi connectivity index (χ4v) is 1.40. The van der Waals surface area contributed by atoms with Crippen LogP contribution in [0.4, 0.5) is 0 Å². The van der Waals surface area contributed by atoms with Gasteiger partial charge in [-0.2, -0.15) is 0 Å². The van der Waals surface area contributed by atoms with Crippen LogP contribution < -0.4 is 5.73 Å². The van der Waals surface area contributed by atoms with Crippen LogP contribution in [-0.4, -0.2) is 36.3 Å². The lowest BCUT2D eigenvalue weighted by molar-refractivity contribution is -0.130.